The summed E-state index contributed by atoms with van der Waals surface area (Å²) in [4.78, 5) is 0.983. The number of rotatable bonds is 7. The van der Waals surface area contributed by atoms with Crippen LogP contribution in [0.25, 0.3) is 0 Å². The Morgan fingerprint density at radius 2 is 1.84 bits per heavy atom. The molecular weight excluding hydrogens is 359 g/mol. The molecule has 2 aromatic heterocycles. The van der Waals surface area contributed by atoms with Crippen molar-refractivity contribution in [3.05, 3.63) is 82.1 Å². The Labute approximate surface area is 151 Å². The third kappa shape index (κ3) is 4.56. The van der Waals surface area contributed by atoms with Crippen LogP contribution in [0.3, 0.4) is 0 Å². The zero-order valence-corrected chi connectivity index (χ0v) is 15.4. The van der Waals surface area contributed by atoms with Crippen LogP contribution in [0.2, 0.25) is 0 Å². The fourth-order valence-corrected chi connectivity index (χ4v) is 4.82. The Bertz CT molecular complexity index is 916. The monoisotopic (exact) mass is 378 g/mol. The van der Waals surface area contributed by atoms with Crippen LogP contribution in [0, 0.1) is 5.82 Å². The van der Waals surface area contributed by atoms with Gasteiger partial charge in [-0.15, -0.1) is 11.3 Å². The van der Waals surface area contributed by atoms with Crippen molar-refractivity contribution in [3.8, 4) is 0 Å². The highest BCUT2D eigenvalue weighted by atomic mass is 32.2. The molecule has 0 spiro atoms. The molecule has 0 radical (unpaired) electrons. The van der Waals surface area contributed by atoms with Gasteiger partial charge in [-0.1, -0.05) is 18.2 Å². The Balaban J connectivity index is 1.85. The zero-order chi connectivity index (χ0) is 17.9. The topological polar surface area (TPSA) is 42.3 Å². The number of aromatic nitrogens is 1. The van der Waals surface area contributed by atoms with Gasteiger partial charge in [-0.2, -0.15) is 4.31 Å². The second kappa shape index (κ2) is 7.51. The molecule has 0 unspecified atom stereocenters. The first-order valence-corrected chi connectivity index (χ1v) is 10.3. The fraction of sp³-hybridized carbons (Fsp3) is 0.222. The first-order valence-electron chi connectivity index (χ1n) is 7.79. The van der Waals surface area contributed by atoms with Crippen LogP contribution in [0.5, 0.6) is 0 Å². The summed E-state index contributed by atoms with van der Waals surface area (Å²) in [7, 11) is -1.66. The molecule has 0 amide bonds. The number of hydrogen-bond acceptors (Lipinski definition) is 3. The predicted octanol–water partition coefficient (Wildman–Crippen LogP) is 3.76. The van der Waals surface area contributed by atoms with Gasteiger partial charge in [0.05, 0.1) is 12.3 Å². The molecule has 0 atom stereocenters. The molecule has 0 aliphatic heterocycles. The lowest BCUT2D eigenvalue weighted by Gasteiger charge is -2.22. The SMILES string of the molecule is Cn1cccc1CN(Cc1cccs1)S(=O)(=O)Cc1ccc(F)cc1. The van der Waals surface area contributed by atoms with Crippen molar-refractivity contribution < 1.29 is 12.8 Å². The van der Waals surface area contributed by atoms with E-state index in [0.717, 1.165) is 10.6 Å². The van der Waals surface area contributed by atoms with Crippen molar-refractivity contribution in [2.75, 3.05) is 0 Å². The van der Waals surface area contributed by atoms with E-state index < -0.39 is 10.0 Å². The predicted molar refractivity (Wildman–Crippen MR) is 98.0 cm³/mol. The van der Waals surface area contributed by atoms with Gasteiger partial charge in [0.1, 0.15) is 5.82 Å². The van der Waals surface area contributed by atoms with Gasteiger partial charge in [-0.05, 0) is 41.3 Å². The van der Waals surface area contributed by atoms with Gasteiger partial charge < -0.3 is 4.57 Å². The molecule has 4 nitrogen and oxygen atoms in total. The maximum Gasteiger partial charge on any atom is 0.218 e. The Morgan fingerprint density at radius 1 is 1.08 bits per heavy atom. The van der Waals surface area contributed by atoms with E-state index in [1.165, 1.54) is 39.9 Å². The van der Waals surface area contributed by atoms with Crippen molar-refractivity contribution in [1.29, 1.82) is 0 Å². The van der Waals surface area contributed by atoms with Crippen LogP contribution in [-0.4, -0.2) is 17.3 Å². The third-order valence-corrected chi connectivity index (χ3v) is 6.56. The highest BCUT2D eigenvalue weighted by molar-refractivity contribution is 7.88. The largest absolute Gasteiger partial charge is 0.353 e. The summed E-state index contributed by atoms with van der Waals surface area (Å²) >= 11 is 1.53. The molecule has 0 bridgehead atoms. The van der Waals surface area contributed by atoms with Gasteiger partial charge in [0.2, 0.25) is 10.0 Å². The molecule has 0 saturated heterocycles. The smallest absolute Gasteiger partial charge is 0.218 e. The van der Waals surface area contributed by atoms with Crippen molar-refractivity contribution >= 4 is 21.4 Å². The van der Waals surface area contributed by atoms with Crippen molar-refractivity contribution in [2.24, 2.45) is 7.05 Å². The molecule has 132 valence electrons. The number of sulfonamides is 1. The third-order valence-electron chi connectivity index (χ3n) is 3.96. The summed E-state index contributed by atoms with van der Waals surface area (Å²) in [6, 6.07) is 13.2. The van der Waals surface area contributed by atoms with Crippen LogP contribution in [0.15, 0.2) is 60.1 Å². The Hall–Kier alpha value is -1.96. The second-order valence-corrected chi connectivity index (χ2v) is 8.84. The molecule has 0 saturated carbocycles. The quantitative estimate of drug-likeness (QED) is 0.628. The van der Waals surface area contributed by atoms with Gasteiger partial charge in [0, 0.05) is 30.4 Å². The number of aryl methyl sites for hydroxylation is 1. The maximum atomic E-state index is 13.1. The molecular formula is C18H19FN2O2S2. The average molecular weight is 378 g/mol. The van der Waals surface area contributed by atoms with E-state index in [1.54, 1.807) is 0 Å². The molecule has 0 N–H and O–H groups in total. The minimum Gasteiger partial charge on any atom is -0.353 e. The van der Waals surface area contributed by atoms with E-state index in [4.69, 9.17) is 0 Å². The number of nitrogens with zero attached hydrogens (tertiary/aromatic N) is 2. The second-order valence-electron chi connectivity index (χ2n) is 5.84. The van der Waals surface area contributed by atoms with Crippen LogP contribution in [-0.2, 0) is 35.9 Å². The zero-order valence-electron chi connectivity index (χ0n) is 13.8. The maximum absolute atomic E-state index is 13.1. The van der Waals surface area contributed by atoms with Crippen LogP contribution in [0.4, 0.5) is 4.39 Å². The van der Waals surface area contributed by atoms with E-state index in [9.17, 15) is 12.8 Å². The summed E-state index contributed by atoms with van der Waals surface area (Å²) in [5.74, 6) is -0.524. The number of hydrogen-bond donors (Lipinski definition) is 0. The fourth-order valence-electron chi connectivity index (χ4n) is 2.55. The molecule has 3 aromatic rings. The molecule has 3 rings (SSSR count). The lowest BCUT2D eigenvalue weighted by Crippen LogP contribution is -2.31. The van der Waals surface area contributed by atoms with Gasteiger partial charge in [0.25, 0.3) is 0 Å². The molecule has 2 heterocycles. The van der Waals surface area contributed by atoms with Crippen LogP contribution >= 0.6 is 11.3 Å². The minimum atomic E-state index is -3.55. The standard InChI is InChI=1S/C18H19FN2O2S2/c1-20-10-2-4-17(20)12-21(13-18-5-3-11-24-18)25(22,23)14-15-6-8-16(19)9-7-15/h2-11H,12-14H2,1H3. The normalized spacial score (nSPS) is 12.0. The van der Waals surface area contributed by atoms with E-state index in [0.29, 0.717) is 18.7 Å². The molecule has 0 aliphatic rings. The van der Waals surface area contributed by atoms with Gasteiger partial charge in [0.15, 0.2) is 0 Å². The summed E-state index contributed by atoms with van der Waals surface area (Å²) in [6.07, 6.45) is 1.89. The van der Waals surface area contributed by atoms with E-state index in [2.05, 4.69) is 0 Å². The average Bonchev–Trinajstić information content (AvgIpc) is 3.21. The van der Waals surface area contributed by atoms with Crippen LogP contribution < -0.4 is 0 Å². The van der Waals surface area contributed by atoms with Gasteiger partial charge in [-0.25, -0.2) is 12.8 Å². The molecule has 7 heteroatoms. The van der Waals surface area contributed by atoms with E-state index in [1.807, 2.05) is 47.5 Å². The van der Waals surface area contributed by atoms with Crippen LogP contribution in [0.1, 0.15) is 16.1 Å². The Morgan fingerprint density at radius 3 is 2.44 bits per heavy atom. The van der Waals surface area contributed by atoms with Crippen molar-refractivity contribution in [2.45, 2.75) is 18.8 Å². The van der Waals surface area contributed by atoms with Gasteiger partial charge in [-0.3, -0.25) is 0 Å². The summed E-state index contributed by atoms with van der Waals surface area (Å²) in [5, 5.41) is 1.93. The molecule has 25 heavy (non-hydrogen) atoms. The van der Waals surface area contributed by atoms with E-state index >= 15 is 0 Å². The number of thiophene rings is 1. The molecule has 0 fully saturated rings. The summed E-state index contributed by atoms with van der Waals surface area (Å²) < 4.78 is 42.4. The highest BCUT2D eigenvalue weighted by Crippen LogP contribution is 2.20. The minimum absolute atomic E-state index is 0.150. The summed E-state index contributed by atoms with van der Waals surface area (Å²) in [6.45, 7) is 0.622. The first-order chi connectivity index (χ1) is 11.9. The molecule has 1 aromatic carbocycles. The van der Waals surface area contributed by atoms with Crippen molar-refractivity contribution in [1.82, 2.24) is 8.87 Å². The van der Waals surface area contributed by atoms with E-state index in [-0.39, 0.29) is 11.6 Å². The lowest BCUT2D eigenvalue weighted by atomic mass is 10.2. The van der Waals surface area contributed by atoms with Gasteiger partial charge >= 0.3 is 0 Å². The number of halogens is 1. The number of benzene rings is 1. The molecule has 0 aliphatic carbocycles. The van der Waals surface area contributed by atoms with Crippen molar-refractivity contribution in [3.63, 3.8) is 0 Å². The first kappa shape index (κ1) is 17.8. The summed E-state index contributed by atoms with van der Waals surface area (Å²) in [5.41, 5.74) is 1.49. The Kier molecular flexibility index (Phi) is 5.36. The highest BCUT2D eigenvalue weighted by Gasteiger charge is 2.24. The lowest BCUT2D eigenvalue weighted by molar-refractivity contribution is 0.395.